The minimum Gasteiger partial charge on any atom is -0.341 e. The van der Waals surface area contributed by atoms with Gasteiger partial charge in [-0.3, -0.25) is 0 Å². The van der Waals surface area contributed by atoms with E-state index in [1.165, 1.54) is 0 Å². The van der Waals surface area contributed by atoms with Crippen molar-refractivity contribution in [3.63, 3.8) is 0 Å². The van der Waals surface area contributed by atoms with E-state index in [9.17, 15) is 13.2 Å². The van der Waals surface area contributed by atoms with E-state index >= 15 is 0 Å². The van der Waals surface area contributed by atoms with Crippen molar-refractivity contribution >= 4 is 17.5 Å². The van der Waals surface area contributed by atoms with Crippen LogP contribution in [0.4, 0.5) is 30.6 Å². The third-order valence-electron chi connectivity index (χ3n) is 4.47. The van der Waals surface area contributed by atoms with Crippen LogP contribution in [-0.2, 0) is 0 Å². The molecule has 1 fully saturated rings. The van der Waals surface area contributed by atoms with Crippen molar-refractivity contribution in [3.8, 4) is 11.3 Å². The van der Waals surface area contributed by atoms with Gasteiger partial charge in [-0.05, 0) is 25.0 Å². The molecule has 4 nitrogen and oxygen atoms in total. The number of rotatable bonds is 4. The fraction of sp³-hybridized carbons (Fsp3) is 0.200. The van der Waals surface area contributed by atoms with Gasteiger partial charge in [-0.25, -0.2) is 18.2 Å². The van der Waals surface area contributed by atoms with Crippen LogP contribution in [0.25, 0.3) is 11.3 Å². The predicted octanol–water partition coefficient (Wildman–Crippen LogP) is 4.90. The van der Waals surface area contributed by atoms with E-state index in [0.29, 0.717) is 17.5 Å². The second-order valence-corrected chi connectivity index (χ2v) is 6.35. The SMILES string of the molecule is Fc1ccc(Nc2cc(-c3ccccc3)nc(N3CCCC3)n2)c(F)c1F. The minimum atomic E-state index is -1.52. The molecule has 7 heteroatoms. The maximum Gasteiger partial charge on any atom is 0.227 e. The zero-order valence-electron chi connectivity index (χ0n) is 14.4. The van der Waals surface area contributed by atoms with Gasteiger partial charge in [0.15, 0.2) is 17.5 Å². The predicted molar refractivity (Wildman–Crippen MR) is 98.5 cm³/mol. The number of anilines is 3. The average Bonchev–Trinajstić information content (AvgIpc) is 3.24. The van der Waals surface area contributed by atoms with Crippen molar-refractivity contribution in [3.05, 3.63) is 66.0 Å². The van der Waals surface area contributed by atoms with E-state index < -0.39 is 17.5 Å². The van der Waals surface area contributed by atoms with E-state index in [2.05, 4.69) is 20.2 Å². The largest absolute Gasteiger partial charge is 0.341 e. The summed E-state index contributed by atoms with van der Waals surface area (Å²) < 4.78 is 40.8. The van der Waals surface area contributed by atoms with Crippen molar-refractivity contribution in [1.29, 1.82) is 0 Å². The lowest BCUT2D eigenvalue weighted by Crippen LogP contribution is -2.21. The van der Waals surface area contributed by atoms with Crippen LogP contribution in [-0.4, -0.2) is 23.1 Å². The Bertz CT molecular complexity index is 957. The molecule has 0 radical (unpaired) electrons. The number of benzene rings is 2. The molecule has 0 spiro atoms. The summed E-state index contributed by atoms with van der Waals surface area (Å²) in [7, 11) is 0. The molecule has 0 aliphatic carbocycles. The van der Waals surface area contributed by atoms with Gasteiger partial charge in [-0.2, -0.15) is 4.98 Å². The minimum absolute atomic E-state index is 0.181. The Hall–Kier alpha value is -3.09. The van der Waals surface area contributed by atoms with Gasteiger partial charge >= 0.3 is 0 Å². The highest BCUT2D eigenvalue weighted by molar-refractivity contribution is 5.67. The van der Waals surface area contributed by atoms with Gasteiger partial charge in [0.25, 0.3) is 0 Å². The molecule has 0 bridgehead atoms. The zero-order valence-corrected chi connectivity index (χ0v) is 14.4. The van der Waals surface area contributed by atoms with Gasteiger partial charge in [0, 0.05) is 24.7 Å². The van der Waals surface area contributed by atoms with E-state index in [1.807, 2.05) is 30.3 Å². The van der Waals surface area contributed by atoms with Crippen molar-refractivity contribution in [1.82, 2.24) is 9.97 Å². The van der Waals surface area contributed by atoms with Gasteiger partial charge in [-0.1, -0.05) is 30.3 Å². The molecule has 1 aliphatic rings. The molecule has 138 valence electrons. The number of halogens is 3. The van der Waals surface area contributed by atoms with E-state index in [1.54, 1.807) is 6.07 Å². The first-order valence-corrected chi connectivity index (χ1v) is 8.72. The van der Waals surface area contributed by atoms with Crippen molar-refractivity contribution in [2.45, 2.75) is 12.8 Å². The molecule has 3 aromatic rings. The quantitative estimate of drug-likeness (QED) is 0.663. The second kappa shape index (κ2) is 7.26. The van der Waals surface area contributed by atoms with Gasteiger partial charge in [-0.15, -0.1) is 0 Å². The topological polar surface area (TPSA) is 41.1 Å². The summed E-state index contributed by atoms with van der Waals surface area (Å²) in [4.78, 5) is 11.1. The Kier molecular flexibility index (Phi) is 4.66. The maximum absolute atomic E-state index is 14.0. The van der Waals surface area contributed by atoms with Crippen molar-refractivity contribution < 1.29 is 13.2 Å². The highest BCUT2D eigenvalue weighted by atomic mass is 19.2. The first-order chi connectivity index (χ1) is 13.1. The van der Waals surface area contributed by atoms with E-state index in [4.69, 9.17) is 0 Å². The van der Waals surface area contributed by atoms with Gasteiger partial charge in [0.1, 0.15) is 5.82 Å². The summed E-state index contributed by atoms with van der Waals surface area (Å²) in [6.45, 7) is 1.69. The molecule has 1 saturated heterocycles. The Labute approximate surface area is 154 Å². The van der Waals surface area contributed by atoms with Crippen LogP contribution in [0.5, 0.6) is 0 Å². The summed E-state index contributed by atoms with van der Waals surface area (Å²) in [5.74, 6) is -3.19. The molecule has 2 aromatic carbocycles. The molecule has 4 rings (SSSR count). The Balaban J connectivity index is 1.75. The van der Waals surface area contributed by atoms with Crippen LogP contribution >= 0.6 is 0 Å². The number of aromatic nitrogens is 2. The standard InChI is InChI=1S/C20H17F3N4/c21-14-8-9-15(19(23)18(14)22)24-17-12-16(13-6-2-1-3-7-13)25-20(26-17)27-10-4-5-11-27/h1-3,6-9,12H,4-5,10-11H2,(H,24,25,26). The van der Waals surface area contributed by atoms with Crippen LogP contribution in [0.1, 0.15) is 12.8 Å². The second-order valence-electron chi connectivity index (χ2n) is 6.35. The molecule has 27 heavy (non-hydrogen) atoms. The molecule has 1 aliphatic heterocycles. The molecule has 1 aromatic heterocycles. The molecule has 1 N–H and O–H groups in total. The third-order valence-corrected chi connectivity index (χ3v) is 4.47. The summed E-state index contributed by atoms with van der Waals surface area (Å²) >= 11 is 0. The Morgan fingerprint density at radius 3 is 2.33 bits per heavy atom. The monoisotopic (exact) mass is 370 g/mol. The molecular weight excluding hydrogens is 353 g/mol. The van der Waals surface area contributed by atoms with Gasteiger partial charge in [0.05, 0.1) is 11.4 Å². The Morgan fingerprint density at radius 1 is 0.852 bits per heavy atom. The number of hydrogen-bond acceptors (Lipinski definition) is 4. The first kappa shape index (κ1) is 17.3. The molecule has 0 unspecified atom stereocenters. The first-order valence-electron chi connectivity index (χ1n) is 8.72. The number of nitrogens with one attached hydrogen (secondary N) is 1. The summed E-state index contributed by atoms with van der Waals surface area (Å²) in [5, 5.41) is 2.75. The van der Waals surface area contributed by atoms with Crippen molar-refractivity contribution in [2.24, 2.45) is 0 Å². The van der Waals surface area contributed by atoms with Crippen LogP contribution in [0.2, 0.25) is 0 Å². The molecular formula is C20H17F3N4. The van der Waals surface area contributed by atoms with E-state index in [-0.39, 0.29) is 5.69 Å². The average molecular weight is 370 g/mol. The highest BCUT2D eigenvalue weighted by Crippen LogP contribution is 2.28. The third kappa shape index (κ3) is 3.58. The lowest BCUT2D eigenvalue weighted by Gasteiger charge is -2.18. The van der Waals surface area contributed by atoms with Crippen LogP contribution < -0.4 is 10.2 Å². The van der Waals surface area contributed by atoms with Gasteiger partial charge in [0.2, 0.25) is 5.95 Å². The zero-order chi connectivity index (χ0) is 18.8. The van der Waals surface area contributed by atoms with E-state index in [0.717, 1.165) is 43.6 Å². The highest BCUT2D eigenvalue weighted by Gasteiger charge is 2.19. The lowest BCUT2D eigenvalue weighted by atomic mass is 10.1. The Morgan fingerprint density at radius 2 is 1.59 bits per heavy atom. The summed E-state index contributed by atoms with van der Waals surface area (Å²) in [6.07, 6.45) is 2.11. The molecule has 2 heterocycles. The number of hydrogen-bond donors (Lipinski definition) is 1. The van der Waals surface area contributed by atoms with Crippen LogP contribution in [0.15, 0.2) is 48.5 Å². The summed E-state index contributed by atoms with van der Waals surface area (Å²) in [5.41, 5.74) is 1.37. The molecule has 0 atom stereocenters. The number of nitrogens with zero attached hydrogens (tertiary/aromatic N) is 3. The van der Waals surface area contributed by atoms with Crippen LogP contribution in [0.3, 0.4) is 0 Å². The fourth-order valence-corrected chi connectivity index (χ4v) is 3.07. The van der Waals surface area contributed by atoms with Crippen molar-refractivity contribution in [2.75, 3.05) is 23.3 Å². The normalized spacial score (nSPS) is 13.8. The van der Waals surface area contributed by atoms with Gasteiger partial charge < -0.3 is 10.2 Å². The molecule has 0 amide bonds. The van der Waals surface area contributed by atoms with Crippen LogP contribution in [0, 0.1) is 17.5 Å². The fourth-order valence-electron chi connectivity index (χ4n) is 3.07. The lowest BCUT2D eigenvalue weighted by molar-refractivity contribution is 0.449. The smallest absolute Gasteiger partial charge is 0.227 e. The summed E-state index contributed by atoms with van der Waals surface area (Å²) in [6, 6.07) is 13.2. The maximum atomic E-state index is 14.0. The molecule has 0 saturated carbocycles.